The van der Waals surface area contributed by atoms with Gasteiger partial charge in [-0.15, -0.1) is 5.10 Å². The lowest BCUT2D eigenvalue weighted by molar-refractivity contribution is 0.188. The van der Waals surface area contributed by atoms with Gasteiger partial charge in [-0.25, -0.2) is 13.9 Å². The number of carbonyl (C=O) groups is 1. The number of halogens is 1. The molecule has 0 bridgehead atoms. The lowest BCUT2D eigenvalue weighted by atomic mass is 10.1. The molecule has 3 heterocycles. The second-order valence-electron chi connectivity index (χ2n) is 7.61. The Kier molecular flexibility index (Phi) is 5.62. The van der Waals surface area contributed by atoms with Gasteiger partial charge in [0.2, 0.25) is 0 Å². The van der Waals surface area contributed by atoms with Crippen LogP contribution in [0.15, 0.2) is 18.2 Å². The molecule has 2 aromatic heterocycles. The summed E-state index contributed by atoms with van der Waals surface area (Å²) in [5.41, 5.74) is 2.39. The molecule has 3 aromatic rings. The highest BCUT2D eigenvalue weighted by Crippen LogP contribution is 2.31. The Morgan fingerprint density at radius 3 is 2.87 bits per heavy atom. The summed E-state index contributed by atoms with van der Waals surface area (Å²) in [7, 11) is 0. The molecule has 0 spiro atoms. The van der Waals surface area contributed by atoms with E-state index in [0.717, 1.165) is 23.9 Å². The topological polar surface area (TPSA) is 105 Å². The second kappa shape index (κ2) is 8.37. The predicted molar refractivity (Wildman–Crippen MR) is 114 cm³/mol. The number of nitrogens with one attached hydrogen (secondary N) is 1. The van der Waals surface area contributed by atoms with Crippen LogP contribution in [0.25, 0.3) is 16.6 Å². The molecular formula is C21H25FN6O3. The average Bonchev–Trinajstić information content (AvgIpc) is 3.06. The first-order valence-electron chi connectivity index (χ1n) is 10.3. The first-order chi connectivity index (χ1) is 14.9. The van der Waals surface area contributed by atoms with E-state index in [1.807, 2.05) is 25.7 Å². The highest BCUT2D eigenvalue weighted by molar-refractivity contribution is 5.92. The highest BCUT2D eigenvalue weighted by Gasteiger charge is 2.27. The van der Waals surface area contributed by atoms with Crippen molar-refractivity contribution in [1.29, 1.82) is 0 Å². The fourth-order valence-electron chi connectivity index (χ4n) is 4.14. The van der Waals surface area contributed by atoms with E-state index >= 15 is 0 Å². The Labute approximate surface area is 178 Å². The van der Waals surface area contributed by atoms with Crippen molar-refractivity contribution in [2.24, 2.45) is 0 Å². The number of carboxylic acid groups (broad SMARTS) is 1. The van der Waals surface area contributed by atoms with Crippen molar-refractivity contribution in [2.45, 2.75) is 39.7 Å². The van der Waals surface area contributed by atoms with E-state index in [4.69, 9.17) is 14.9 Å². The largest absolute Gasteiger partial charge is 0.494 e. The average molecular weight is 428 g/mol. The van der Waals surface area contributed by atoms with Gasteiger partial charge in [-0.1, -0.05) is 0 Å². The zero-order chi connectivity index (χ0) is 22.1. The molecule has 0 aliphatic carbocycles. The molecule has 1 aliphatic rings. The fourth-order valence-corrected chi connectivity index (χ4v) is 4.14. The number of benzene rings is 1. The smallest absolute Gasteiger partial charge is 0.404 e. The lowest BCUT2D eigenvalue weighted by Gasteiger charge is -2.33. The number of rotatable bonds is 5. The molecule has 9 nitrogen and oxygen atoms in total. The van der Waals surface area contributed by atoms with Crippen LogP contribution >= 0.6 is 0 Å². The number of nitrogens with zero attached hydrogens (tertiary/aromatic N) is 5. The van der Waals surface area contributed by atoms with Gasteiger partial charge < -0.3 is 20.1 Å². The van der Waals surface area contributed by atoms with Crippen molar-refractivity contribution in [1.82, 2.24) is 25.3 Å². The number of aryl methyl sites for hydroxylation is 2. The van der Waals surface area contributed by atoms with E-state index in [0.29, 0.717) is 48.2 Å². The molecule has 31 heavy (non-hydrogen) atoms. The minimum Gasteiger partial charge on any atom is -0.494 e. The Hall–Kier alpha value is -3.43. The molecule has 1 atom stereocenters. The molecule has 1 unspecified atom stereocenters. The van der Waals surface area contributed by atoms with E-state index in [9.17, 15) is 9.18 Å². The summed E-state index contributed by atoms with van der Waals surface area (Å²) in [6.45, 7) is 7.21. The number of piperidine rings is 1. The van der Waals surface area contributed by atoms with Crippen LogP contribution in [0.5, 0.6) is 5.75 Å². The monoisotopic (exact) mass is 428 g/mol. The van der Waals surface area contributed by atoms with Crippen LogP contribution in [-0.2, 0) is 0 Å². The van der Waals surface area contributed by atoms with Crippen LogP contribution in [0.3, 0.4) is 0 Å². The maximum atomic E-state index is 14.8. The minimum absolute atomic E-state index is 0.198. The van der Waals surface area contributed by atoms with Crippen molar-refractivity contribution in [2.75, 3.05) is 24.6 Å². The van der Waals surface area contributed by atoms with Crippen LogP contribution < -0.4 is 15.0 Å². The van der Waals surface area contributed by atoms with Gasteiger partial charge in [0, 0.05) is 25.2 Å². The van der Waals surface area contributed by atoms with Crippen LogP contribution in [0.1, 0.15) is 31.2 Å². The Bertz CT molecular complexity index is 1130. The van der Waals surface area contributed by atoms with Gasteiger partial charge in [-0.3, -0.25) is 0 Å². The number of aromatic nitrogens is 4. The van der Waals surface area contributed by atoms with Gasteiger partial charge >= 0.3 is 6.09 Å². The second-order valence-corrected chi connectivity index (χ2v) is 7.61. The fraction of sp³-hybridized carbons (Fsp3) is 0.429. The van der Waals surface area contributed by atoms with Crippen LogP contribution in [-0.4, -0.2) is 56.9 Å². The van der Waals surface area contributed by atoms with Gasteiger partial charge in [0.05, 0.1) is 23.4 Å². The maximum absolute atomic E-state index is 14.8. The summed E-state index contributed by atoms with van der Waals surface area (Å²) in [6, 6.07) is 4.51. The van der Waals surface area contributed by atoms with Crippen molar-refractivity contribution in [3.8, 4) is 11.4 Å². The van der Waals surface area contributed by atoms with E-state index < -0.39 is 11.9 Å². The van der Waals surface area contributed by atoms with E-state index in [2.05, 4.69) is 15.5 Å². The van der Waals surface area contributed by atoms with Crippen molar-refractivity contribution >= 4 is 22.8 Å². The van der Waals surface area contributed by atoms with Crippen molar-refractivity contribution in [3.63, 3.8) is 0 Å². The van der Waals surface area contributed by atoms with Crippen LogP contribution in [0, 0.1) is 19.7 Å². The summed E-state index contributed by atoms with van der Waals surface area (Å²) in [4.78, 5) is 13.0. The van der Waals surface area contributed by atoms with Crippen molar-refractivity contribution in [3.05, 3.63) is 35.4 Å². The van der Waals surface area contributed by atoms with E-state index in [-0.39, 0.29) is 6.04 Å². The Morgan fingerprint density at radius 1 is 1.35 bits per heavy atom. The molecule has 1 amide bonds. The number of fused-ring (bicyclic) bond motifs is 1. The Balaban J connectivity index is 1.77. The molecule has 0 saturated carbocycles. The zero-order valence-electron chi connectivity index (χ0n) is 17.7. The summed E-state index contributed by atoms with van der Waals surface area (Å²) in [6.07, 6.45) is 0.531. The number of amides is 1. The normalized spacial score (nSPS) is 16.5. The van der Waals surface area contributed by atoms with Crippen LogP contribution in [0.2, 0.25) is 0 Å². The van der Waals surface area contributed by atoms with Gasteiger partial charge in [-0.05, 0) is 45.7 Å². The summed E-state index contributed by atoms with van der Waals surface area (Å²) < 4.78 is 21.8. The molecule has 1 aromatic carbocycles. The highest BCUT2D eigenvalue weighted by atomic mass is 19.1. The van der Waals surface area contributed by atoms with E-state index in [1.165, 1.54) is 6.07 Å². The van der Waals surface area contributed by atoms with Gasteiger partial charge in [-0.2, -0.15) is 10.2 Å². The van der Waals surface area contributed by atoms with Crippen LogP contribution in [0.4, 0.5) is 15.0 Å². The summed E-state index contributed by atoms with van der Waals surface area (Å²) >= 11 is 0. The molecule has 1 aliphatic heterocycles. The number of hydrogen-bond donors (Lipinski definition) is 2. The van der Waals surface area contributed by atoms with Crippen molar-refractivity contribution < 1.29 is 19.0 Å². The molecular weight excluding hydrogens is 403 g/mol. The third-order valence-electron chi connectivity index (χ3n) is 5.49. The van der Waals surface area contributed by atoms with Gasteiger partial charge in [0.15, 0.2) is 11.6 Å². The molecule has 2 N–H and O–H groups in total. The minimum atomic E-state index is -1.04. The maximum Gasteiger partial charge on any atom is 0.404 e. The van der Waals surface area contributed by atoms with Gasteiger partial charge in [0.25, 0.3) is 0 Å². The SMILES string of the molecule is CCOc1ccc(-n2nc3c(N4CCCC(NC(=O)O)C4)nnc(C)c3c2C)c(F)c1. The molecule has 0 radical (unpaired) electrons. The third-order valence-corrected chi connectivity index (χ3v) is 5.49. The van der Waals surface area contributed by atoms with Gasteiger partial charge in [0.1, 0.15) is 17.0 Å². The third kappa shape index (κ3) is 3.97. The quantitative estimate of drug-likeness (QED) is 0.643. The first kappa shape index (κ1) is 20.8. The number of ether oxygens (including phenoxy) is 1. The number of anilines is 1. The summed E-state index contributed by atoms with van der Waals surface area (Å²) in [5, 5.41) is 25.8. The molecule has 1 saturated heterocycles. The van der Waals surface area contributed by atoms with E-state index in [1.54, 1.807) is 16.8 Å². The molecule has 164 valence electrons. The summed E-state index contributed by atoms with van der Waals surface area (Å²) in [5.74, 6) is 0.597. The lowest BCUT2D eigenvalue weighted by Crippen LogP contribution is -2.47. The number of hydrogen-bond acceptors (Lipinski definition) is 6. The standard InChI is InChI=1S/C21H25FN6O3/c1-4-31-15-7-8-17(16(22)10-15)28-13(3)18-12(2)24-25-20(19(18)26-28)27-9-5-6-14(11-27)23-21(29)30/h7-8,10,14,23H,4-6,9,11H2,1-3H3,(H,29,30). The first-order valence-corrected chi connectivity index (χ1v) is 10.3. The predicted octanol–water partition coefficient (Wildman–Crippen LogP) is 3.21. The molecule has 1 fully saturated rings. The molecule has 4 rings (SSSR count). The zero-order valence-corrected chi connectivity index (χ0v) is 17.7. The molecule has 10 heteroatoms. The Morgan fingerprint density at radius 2 is 2.16 bits per heavy atom.